The van der Waals surface area contributed by atoms with Crippen LogP contribution in [0.15, 0.2) is 0 Å². The monoisotopic (exact) mass is 430 g/mol. The van der Waals surface area contributed by atoms with Gasteiger partial charge in [0.25, 0.3) is 0 Å². The van der Waals surface area contributed by atoms with Crippen molar-refractivity contribution in [2.75, 3.05) is 13.2 Å². The van der Waals surface area contributed by atoms with Gasteiger partial charge in [-0.25, -0.2) is 0 Å². The molecule has 0 aliphatic rings. The summed E-state index contributed by atoms with van der Waals surface area (Å²) in [6.45, 7) is 9.29. The number of carbonyl (C=O) groups excluding carboxylic acids is 2. The van der Waals surface area contributed by atoms with Crippen LogP contribution in [0.2, 0.25) is 0 Å². The number of ether oxygens (including phenoxy) is 2. The second-order valence-electron chi connectivity index (χ2n) is 9.90. The maximum Gasteiger partial charge on any atom is 0.316 e. The number of esters is 2. The minimum Gasteiger partial charge on any atom is -0.481 e. The van der Waals surface area contributed by atoms with Crippen molar-refractivity contribution in [2.45, 2.75) is 86.5 Å². The van der Waals surface area contributed by atoms with Gasteiger partial charge in [0.2, 0.25) is 0 Å². The van der Waals surface area contributed by atoms with E-state index in [0.29, 0.717) is 19.3 Å². The number of carbonyl (C=O) groups is 4. The van der Waals surface area contributed by atoms with Gasteiger partial charge in [0, 0.05) is 6.42 Å². The molecule has 0 aliphatic heterocycles. The SMILES string of the molecule is CC(C)(C)C(=O)OCC(CCCCCCCC(=O)O)(COC(=O)C(C)(C)C)C(=O)O. The fourth-order valence-electron chi connectivity index (χ4n) is 2.53. The van der Waals surface area contributed by atoms with Crippen molar-refractivity contribution >= 4 is 23.9 Å². The van der Waals surface area contributed by atoms with Crippen LogP contribution in [0.5, 0.6) is 0 Å². The van der Waals surface area contributed by atoms with Gasteiger partial charge in [0.05, 0.1) is 10.8 Å². The number of hydrogen-bond donors (Lipinski definition) is 2. The molecule has 0 amide bonds. The van der Waals surface area contributed by atoms with Gasteiger partial charge in [0.1, 0.15) is 18.6 Å². The largest absolute Gasteiger partial charge is 0.481 e. The molecule has 0 fully saturated rings. The molecule has 30 heavy (non-hydrogen) atoms. The summed E-state index contributed by atoms with van der Waals surface area (Å²) < 4.78 is 10.6. The number of carboxylic acid groups (broad SMARTS) is 2. The van der Waals surface area contributed by atoms with Crippen LogP contribution in [-0.4, -0.2) is 47.3 Å². The summed E-state index contributed by atoms with van der Waals surface area (Å²) in [5, 5.41) is 18.6. The summed E-state index contributed by atoms with van der Waals surface area (Å²) in [6.07, 6.45) is 3.61. The van der Waals surface area contributed by atoms with Crippen molar-refractivity contribution in [3.8, 4) is 0 Å². The normalized spacial score (nSPS) is 12.3. The first kappa shape index (κ1) is 27.9. The molecule has 0 rings (SSSR count). The van der Waals surface area contributed by atoms with E-state index in [-0.39, 0.29) is 26.1 Å². The summed E-state index contributed by atoms with van der Waals surface area (Å²) >= 11 is 0. The van der Waals surface area contributed by atoms with Gasteiger partial charge < -0.3 is 19.7 Å². The van der Waals surface area contributed by atoms with Gasteiger partial charge in [-0.1, -0.05) is 25.7 Å². The van der Waals surface area contributed by atoms with E-state index in [0.717, 1.165) is 12.8 Å². The molecule has 0 saturated heterocycles. The van der Waals surface area contributed by atoms with E-state index in [1.54, 1.807) is 41.5 Å². The number of rotatable bonds is 13. The molecule has 8 nitrogen and oxygen atoms in total. The van der Waals surface area contributed by atoms with Gasteiger partial charge in [-0.3, -0.25) is 19.2 Å². The highest BCUT2D eigenvalue weighted by Gasteiger charge is 2.43. The standard InChI is InChI=1S/C22H38O8/c1-20(2,3)18(27)29-14-22(17(25)26,15-30-19(28)21(4,5)6)13-11-9-7-8-10-12-16(23)24/h7-15H2,1-6H3,(H,23,24)(H,25,26). The van der Waals surface area contributed by atoms with Crippen molar-refractivity contribution < 1.29 is 38.9 Å². The lowest BCUT2D eigenvalue weighted by Gasteiger charge is -2.31. The zero-order valence-electron chi connectivity index (χ0n) is 19.2. The number of unbranched alkanes of at least 4 members (excludes halogenated alkanes) is 4. The second kappa shape index (κ2) is 11.9. The zero-order valence-corrected chi connectivity index (χ0v) is 19.2. The first-order valence-electron chi connectivity index (χ1n) is 10.4. The Bertz CT molecular complexity index is 565. The lowest BCUT2D eigenvalue weighted by molar-refractivity contribution is -0.174. The molecule has 0 atom stereocenters. The van der Waals surface area contributed by atoms with Gasteiger partial charge in [0.15, 0.2) is 0 Å². The highest BCUT2D eigenvalue weighted by atomic mass is 16.6. The molecule has 174 valence electrons. The second-order valence-corrected chi connectivity index (χ2v) is 9.90. The Morgan fingerprint density at radius 3 is 1.43 bits per heavy atom. The molecule has 0 aromatic rings. The predicted molar refractivity (Wildman–Crippen MR) is 111 cm³/mol. The van der Waals surface area contributed by atoms with Crippen molar-refractivity contribution in [1.82, 2.24) is 0 Å². The molecule has 0 aliphatic carbocycles. The summed E-state index contributed by atoms with van der Waals surface area (Å²) in [7, 11) is 0. The molecule has 8 heteroatoms. The Labute approximate surface area is 179 Å². The van der Waals surface area contributed by atoms with E-state index in [9.17, 15) is 24.3 Å². The summed E-state index contributed by atoms with van der Waals surface area (Å²) in [6, 6.07) is 0. The lowest BCUT2D eigenvalue weighted by atomic mass is 9.83. The van der Waals surface area contributed by atoms with Crippen molar-refractivity contribution in [3.63, 3.8) is 0 Å². The van der Waals surface area contributed by atoms with E-state index < -0.39 is 40.1 Å². The fourth-order valence-corrected chi connectivity index (χ4v) is 2.53. The van der Waals surface area contributed by atoms with Crippen LogP contribution in [0.1, 0.15) is 86.5 Å². The third kappa shape index (κ3) is 10.6. The molecule has 0 aromatic carbocycles. The van der Waals surface area contributed by atoms with E-state index in [2.05, 4.69) is 0 Å². The van der Waals surface area contributed by atoms with Crippen LogP contribution in [0.25, 0.3) is 0 Å². The fraction of sp³-hybridized carbons (Fsp3) is 0.818. The summed E-state index contributed by atoms with van der Waals surface area (Å²) in [5.41, 5.74) is -3.09. The Hall–Kier alpha value is -2.12. The molecule has 0 radical (unpaired) electrons. The van der Waals surface area contributed by atoms with Crippen molar-refractivity contribution in [1.29, 1.82) is 0 Å². The molecular formula is C22H38O8. The van der Waals surface area contributed by atoms with E-state index >= 15 is 0 Å². The van der Waals surface area contributed by atoms with E-state index in [4.69, 9.17) is 14.6 Å². The Balaban J connectivity index is 5.09. The molecule has 0 bridgehead atoms. The van der Waals surface area contributed by atoms with Crippen LogP contribution in [0.3, 0.4) is 0 Å². The van der Waals surface area contributed by atoms with Crippen LogP contribution in [0.4, 0.5) is 0 Å². The van der Waals surface area contributed by atoms with Crippen molar-refractivity contribution in [2.24, 2.45) is 16.2 Å². The van der Waals surface area contributed by atoms with Crippen LogP contribution < -0.4 is 0 Å². The quantitative estimate of drug-likeness (QED) is 0.331. The molecule has 0 unspecified atom stereocenters. The van der Waals surface area contributed by atoms with Gasteiger partial charge in [-0.05, 0) is 54.4 Å². The first-order chi connectivity index (χ1) is 13.6. The van der Waals surface area contributed by atoms with Crippen molar-refractivity contribution in [3.05, 3.63) is 0 Å². The highest BCUT2D eigenvalue weighted by Crippen LogP contribution is 2.30. The van der Waals surface area contributed by atoms with Crippen LogP contribution >= 0.6 is 0 Å². The molecule has 2 N–H and O–H groups in total. The predicted octanol–water partition coefficient (Wildman–Crippen LogP) is 4.05. The van der Waals surface area contributed by atoms with Crippen LogP contribution in [0, 0.1) is 16.2 Å². The molecule has 0 heterocycles. The molecular weight excluding hydrogens is 392 g/mol. The summed E-state index contributed by atoms with van der Waals surface area (Å²) in [4.78, 5) is 47.0. The highest BCUT2D eigenvalue weighted by molar-refractivity contribution is 5.79. The molecule has 0 spiro atoms. The minimum absolute atomic E-state index is 0.116. The minimum atomic E-state index is -1.52. The Morgan fingerprint density at radius 1 is 0.667 bits per heavy atom. The lowest BCUT2D eigenvalue weighted by Crippen LogP contribution is -2.43. The Morgan fingerprint density at radius 2 is 1.07 bits per heavy atom. The Kier molecular flexibility index (Phi) is 11.1. The topological polar surface area (TPSA) is 127 Å². The molecule has 0 aromatic heterocycles. The first-order valence-corrected chi connectivity index (χ1v) is 10.4. The van der Waals surface area contributed by atoms with Gasteiger partial charge in [-0.15, -0.1) is 0 Å². The van der Waals surface area contributed by atoms with E-state index in [1.807, 2.05) is 0 Å². The maximum absolute atomic E-state index is 12.2. The van der Waals surface area contributed by atoms with Gasteiger partial charge in [-0.2, -0.15) is 0 Å². The number of hydrogen-bond acceptors (Lipinski definition) is 6. The maximum atomic E-state index is 12.2. The van der Waals surface area contributed by atoms with E-state index in [1.165, 1.54) is 0 Å². The van der Waals surface area contributed by atoms with Gasteiger partial charge >= 0.3 is 23.9 Å². The average molecular weight is 431 g/mol. The summed E-state index contributed by atoms with van der Waals surface area (Å²) in [5.74, 6) is -3.06. The third-order valence-electron chi connectivity index (χ3n) is 4.68. The number of carboxylic acids is 2. The smallest absolute Gasteiger partial charge is 0.316 e. The molecule has 0 saturated carbocycles. The third-order valence-corrected chi connectivity index (χ3v) is 4.68. The average Bonchev–Trinajstić information content (AvgIpc) is 2.59. The zero-order chi connectivity index (χ0) is 23.6. The van der Waals surface area contributed by atoms with Crippen LogP contribution in [-0.2, 0) is 28.7 Å². The number of aliphatic carboxylic acids is 2.